The van der Waals surface area contributed by atoms with Crippen LogP contribution in [-0.4, -0.2) is 38.2 Å². The van der Waals surface area contributed by atoms with Gasteiger partial charge in [-0.05, 0) is 101 Å². The first-order valence-electron chi connectivity index (χ1n) is 19.0. The molecule has 314 valence electrons. The van der Waals surface area contributed by atoms with Crippen molar-refractivity contribution in [2.24, 2.45) is 5.92 Å². The van der Waals surface area contributed by atoms with E-state index in [0.717, 1.165) is 52.0 Å². The Balaban J connectivity index is 0.00000422. The van der Waals surface area contributed by atoms with Crippen molar-refractivity contribution < 1.29 is 104 Å². The van der Waals surface area contributed by atoms with Crippen molar-refractivity contribution >= 4 is 66.3 Å². The SMILES string of the molecule is Cc1cc(C)c([NH+]=c2cc3oc4cc(Nc5c(C)cc(C)c(C(C)(C)OC=N)c5C)[c-]cc4c(-c4ccccc4S(=O)(=O)[O-])c-3cc2S(=O)(=O)[O-])c(C)c1NC(=O)C(C)C.[Na+].[Na+]. The zero-order valence-corrected chi connectivity index (χ0v) is 42.6. The Morgan fingerprint density at radius 3 is 2.06 bits per heavy atom. The van der Waals surface area contributed by atoms with Gasteiger partial charge in [0.1, 0.15) is 36.5 Å². The van der Waals surface area contributed by atoms with Crippen LogP contribution in [0, 0.1) is 58.9 Å². The summed E-state index contributed by atoms with van der Waals surface area (Å²) in [6.07, 6.45) is 0.909. The minimum atomic E-state index is -5.22. The monoisotopic (exact) mass is 896 g/mol. The first kappa shape index (κ1) is 50.8. The number of fused-ring (bicyclic) bond motifs is 2. The third-order valence-electron chi connectivity index (χ3n) is 10.6. The van der Waals surface area contributed by atoms with Gasteiger partial charge in [0.25, 0.3) is 0 Å². The first-order chi connectivity index (χ1) is 27.9. The van der Waals surface area contributed by atoms with Gasteiger partial charge in [0.15, 0.2) is 6.40 Å². The second kappa shape index (κ2) is 19.1. The quantitative estimate of drug-likeness (QED) is 0.0364. The van der Waals surface area contributed by atoms with Gasteiger partial charge in [0.05, 0.1) is 16.6 Å². The van der Waals surface area contributed by atoms with Gasteiger partial charge in [-0.2, -0.15) is 12.1 Å². The molecule has 62 heavy (non-hydrogen) atoms. The third kappa shape index (κ3) is 10.1. The molecule has 1 heterocycles. The number of nitrogens with one attached hydrogen (secondary N) is 4. The van der Waals surface area contributed by atoms with Crippen molar-refractivity contribution in [2.45, 2.75) is 84.6 Å². The van der Waals surface area contributed by atoms with Gasteiger partial charge in [0.2, 0.25) is 17.0 Å². The third-order valence-corrected chi connectivity index (χ3v) is 12.4. The normalized spacial score (nSPS) is 12.2. The molecule has 0 saturated carbocycles. The van der Waals surface area contributed by atoms with E-state index in [4.69, 9.17) is 14.6 Å². The van der Waals surface area contributed by atoms with Gasteiger partial charge in [-0.15, -0.1) is 6.07 Å². The number of ether oxygens (including phenoxy) is 1. The number of aryl methyl sites for hydroxylation is 4. The van der Waals surface area contributed by atoms with Gasteiger partial charge >= 0.3 is 59.1 Å². The second-order valence-electron chi connectivity index (χ2n) is 15.8. The predicted octanol–water partition coefficient (Wildman–Crippen LogP) is 1.18. The molecule has 0 radical (unpaired) electrons. The minimum absolute atomic E-state index is 0. The summed E-state index contributed by atoms with van der Waals surface area (Å²) in [6, 6.07) is 18.2. The number of benzene rings is 5. The summed E-state index contributed by atoms with van der Waals surface area (Å²) < 4.78 is 89.5. The Bertz CT molecular complexity index is 3040. The standard InChI is InChI=1S/C45H47N4O9S2.2Na/c1-23(2)44(50)49-43-27(6)18-26(5)42(29(43)8)48-34-21-36-33(20-38(34)60(54,55)56)39(32-13-11-12-14-37(32)59(51,52)53)31-16-15-30(19-35(31)58-36)47-41-25(4)17-24(3)40(28(41)7)45(9,10)57-22-46;;/h11-14,16-23,46-47H,1-10H3,(H,49,50)(H,51,52,53)(H,54,55,56);;/q-1;2*+1/p-1. The number of carbonyl (C=O) groups excluding carboxylic acids is 1. The molecule has 0 fully saturated rings. The largest absolute Gasteiger partial charge is 1.00 e. The Labute approximate surface area is 406 Å². The minimum Gasteiger partial charge on any atom is -0.744 e. The molecule has 4 aromatic rings. The summed E-state index contributed by atoms with van der Waals surface area (Å²) in [5.74, 6) is -0.487. The molecule has 1 amide bonds. The summed E-state index contributed by atoms with van der Waals surface area (Å²) in [4.78, 5) is 14.7. The molecular formula is C45H46N4Na2O9S2. The van der Waals surface area contributed by atoms with E-state index in [-0.39, 0.29) is 110 Å². The maximum Gasteiger partial charge on any atom is 1.00 e. The molecule has 4 N–H and O–H groups in total. The number of hydrogen-bond acceptors (Lipinski definition) is 11. The van der Waals surface area contributed by atoms with E-state index in [1.54, 1.807) is 33.8 Å². The summed E-state index contributed by atoms with van der Waals surface area (Å²) in [6.45, 7) is 18.5. The van der Waals surface area contributed by atoms with E-state index < -0.39 is 35.6 Å². The smallest absolute Gasteiger partial charge is 0.744 e. The van der Waals surface area contributed by atoms with E-state index in [1.165, 1.54) is 30.3 Å². The van der Waals surface area contributed by atoms with E-state index in [0.29, 0.717) is 28.2 Å². The van der Waals surface area contributed by atoms with Crippen LogP contribution in [-0.2, 0) is 35.4 Å². The van der Waals surface area contributed by atoms with Crippen molar-refractivity contribution in [3.63, 3.8) is 0 Å². The zero-order valence-electron chi connectivity index (χ0n) is 36.9. The molecule has 0 atom stereocenters. The summed E-state index contributed by atoms with van der Waals surface area (Å²) in [7, 11) is -10.3. The first-order valence-corrected chi connectivity index (χ1v) is 21.8. The fourth-order valence-corrected chi connectivity index (χ4v) is 9.36. The van der Waals surface area contributed by atoms with Crippen molar-refractivity contribution in [3.8, 4) is 22.5 Å². The van der Waals surface area contributed by atoms with Crippen LogP contribution < -0.4 is 80.1 Å². The summed E-state index contributed by atoms with van der Waals surface area (Å²) in [5.41, 5.74) is 7.35. The van der Waals surface area contributed by atoms with Crippen LogP contribution in [0.2, 0.25) is 0 Å². The van der Waals surface area contributed by atoms with Crippen molar-refractivity contribution in [2.75, 3.05) is 10.6 Å². The van der Waals surface area contributed by atoms with Gasteiger partial charge in [0, 0.05) is 39.4 Å². The fraction of sp³-hybridized carbons (Fsp3) is 0.267. The van der Waals surface area contributed by atoms with E-state index in [9.17, 15) is 30.7 Å². The summed E-state index contributed by atoms with van der Waals surface area (Å²) >= 11 is 0. The van der Waals surface area contributed by atoms with Gasteiger partial charge < -0.3 is 28.9 Å². The van der Waals surface area contributed by atoms with Crippen molar-refractivity contribution in [1.29, 1.82) is 5.41 Å². The topological polar surface area (TPSA) is 216 Å². The van der Waals surface area contributed by atoms with Crippen molar-refractivity contribution in [1.82, 2.24) is 0 Å². The molecule has 17 heteroatoms. The van der Waals surface area contributed by atoms with Crippen LogP contribution in [0.15, 0.2) is 74.9 Å². The Hall–Kier alpha value is -3.87. The molecule has 6 rings (SSSR count). The number of hydrogen-bond donors (Lipinski definition) is 4. The maximum absolute atomic E-state index is 13.1. The molecule has 0 bridgehead atoms. The van der Waals surface area contributed by atoms with Crippen LogP contribution in [0.5, 0.6) is 0 Å². The molecule has 0 aromatic heterocycles. The molecular weight excluding hydrogens is 851 g/mol. The Kier molecular flexibility index (Phi) is 15.6. The molecule has 0 spiro atoms. The van der Waals surface area contributed by atoms with E-state index in [1.807, 2.05) is 53.7 Å². The number of amides is 1. The number of rotatable bonds is 11. The van der Waals surface area contributed by atoms with Crippen LogP contribution in [0.3, 0.4) is 0 Å². The van der Waals surface area contributed by atoms with Gasteiger partial charge in [-0.25, -0.2) is 21.8 Å². The van der Waals surface area contributed by atoms with Gasteiger partial charge in [-0.1, -0.05) is 54.8 Å². The van der Waals surface area contributed by atoms with Crippen LogP contribution >= 0.6 is 0 Å². The van der Waals surface area contributed by atoms with Crippen LogP contribution in [0.4, 0.5) is 22.7 Å². The summed E-state index contributed by atoms with van der Waals surface area (Å²) in [5, 5.41) is 14.1. The maximum atomic E-state index is 13.1. The van der Waals surface area contributed by atoms with Gasteiger partial charge in [-0.3, -0.25) is 10.2 Å². The molecule has 4 aromatic carbocycles. The predicted molar refractivity (Wildman–Crippen MR) is 228 cm³/mol. The molecule has 2 aliphatic rings. The average molecular weight is 897 g/mol. The fourth-order valence-electron chi connectivity index (χ4n) is 8.03. The van der Waals surface area contributed by atoms with E-state index >= 15 is 0 Å². The van der Waals surface area contributed by atoms with Crippen LogP contribution in [0.25, 0.3) is 33.4 Å². The molecule has 1 aliphatic heterocycles. The van der Waals surface area contributed by atoms with E-state index in [2.05, 4.69) is 21.7 Å². The number of anilines is 3. The molecule has 0 unspecified atom stereocenters. The number of carbonyl (C=O) groups is 1. The Morgan fingerprint density at radius 1 is 0.839 bits per heavy atom. The average Bonchev–Trinajstić information content (AvgIpc) is 3.14. The zero-order chi connectivity index (χ0) is 44.2. The van der Waals surface area contributed by atoms with Crippen LogP contribution in [0.1, 0.15) is 66.6 Å². The second-order valence-corrected chi connectivity index (χ2v) is 18.5. The molecule has 13 nitrogen and oxygen atoms in total. The molecule has 0 saturated heterocycles. The van der Waals surface area contributed by atoms with Crippen molar-refractivity contribution in [3.05, 3.63) is 111 Å². The molecule has 1 aliphatic carbocycles. The Morgan fingerprint density at radius 2 is 1.45 bits per heavy atom.